The van der Waals surface area contributed by atoms with Crippen LogP contribution in [-0.4, -0.2) is 24.5 Å². The predicted octanol–water partition coefficient (Wildman–Crippen LogP) is 2.53. The molecule has 0 unspecified atom stereocenters. The minimum atomic E-state index is 1.19. The molecule has 1 radical (unpaired) electrons. The van der Waals surface area contributed by atoms with E-state index in [9.17, 15) is 0 Å². The Balaban J connectivity index is 1.76. The van der Waals surface area contributed by atoms with Gasteiger partial charge < -0.3 is 4.90 Å². The van der Waals surface area contributed by atoms with E-state index in [1.54, 1.807) is 0 Å². The Labute approximate surface area is 86.7 Å². The van der Waals surface area contributed by atoms with Crippen molar-refractivity contribution in [2.75, 3.05) is 19.6 Å². The van der Waals surface area contributed by atoms with Crippen LogP contribution in [0, 0.1) is 6.42 Å². The van der Waals surface area contributed by atoms with E-state index in [0.717, 1.165) is 0 Å². The van der Waals surface area contributed by atoms with E-state index >= 15 is 0 Å². The molecule has 1 heterocycles. The van der Waals surface area contributed by atoms with Crippen LogP contribution >= 0.6 is 0 Å². The highest BCUT2D eigenvalue weighted by Gasteiger charge is 2.09. The number of nitrogens with zero attached hydrogens (tertiary/aromatic N) is 1. The molecule has 1 aliphatic rings. The Bertz CT molecular complexity index is 249. The summed E-state index contributed by atoms with van der Waals surface area (Å²) in [5, 5.41) is 0. The molecule has 0 aliphatic carbocycles. The van der Waals surface area contributed by atoms with E-state index in [4.69, 9.17) is 0 Å². The van der Waals surface area contributed by atoms with Gasteiger partial charge in [-0.25, -0.2) is 0 Å². The van der Waals surface area contributed by atoms with Crippen molar-refractivity contribution < 1.29 is 0 Å². The Morgan fingerprint density at radius 3 is 2.71 bits per heavy atom. The average Bonchev–Trinajstić information content (AvgIpc) is 2.29. The number of likely N-dealkylation sites (tertiary alicyclic amines) is 1. The first-order valence-electron chi connectivity index (χ1n) is 5.53. The molecule has 0 bridgehead atoms. The molecule has 1 aromatic carbocycles. The fraction of sp³-hybridized carbons (Fsp3) is 0.462. The monoisotopic (exact) mass is 188 g/mol. The molecule has 0 saturated carbocycles. The highest BCUT2D eigenvalue weighted by Crippen LogP contribution is 2.09. The Hall–Kier alpha value is -0.820. The van der Waals surface area contributed by atoms with Crippen molar-refractivity contribution in [1.82, 2.24) is 4.90 Å². The van der Waals surface area contributed by atoms with Crippen LogP contribution in [0.5, 0.6) is 0 Å². The summed E-state index contributed by atoms with van der Waals surface area (Å²) in [4.78, 5) is 2.54. The van der Waals surface area contributed by atoms with Gasteiger partial charge in [0.05, 0.1) is 0 Å². The topological polar surface area (TPSA) is 3.24 Å². The lowest BCUT2D eigenvalue weighted by molar-refractivity contribution is 0.266. The van der Waals surface area contributed by atoms with Gasteiger partial charge in [0.1, 0.15) is 0 Å². The van der Waals surface area contributed by atoms with Crippen molar-refractivity contribution in [3.63, 3.8) is 0 Å². The van der Waals surface area contributed by atoms with Gasteiger partial charge in [-0.1, -0.05) is 30.3 Å². The first kappa shape index (κ1) is 9.72. The molecule has 14 heavy (non-hydrogen) atoms. The highest BCUT2D eigenvalue weighted by molar-refractivity contribution is 5.14. The molecule has 1 aromatic rings. The zero-order valence-electron chi connectivity index (χ0n) is 8.65. The van der Waals surface area contributed by atoms with Crippen molar-refractivity contribution in [3.8, 4) is 0 Å². The van der Waals surface area contributed by atoms with Crippen LogP contribution in [0.15, 0.2) is 30.3 Å². The fourth-order valence-electron chi connectivity index (χ4n) is 1.96. The third-order valence-corrected chi connectivity index (χ3v) is 2.83. The lowest BCUT2D eigenvalue weighted by Gasteiger charge is -2.26. The second-order valence-electron chi connectivity index (χ2n) is 3.97. The molecule has 0 spiro atoms. The van der Waals surface area contributed by atoms with Crippen LogP contribution in [0.4, 0.5) is 0 Å². The largest absolute Gasteiger partial charge is 0.303 e. The summed E-state index contributed by atoms with van der Waals surface area (Å²) in [7, 11) is 0. The van der Waals surface area contributed by atoms with E-state index in [0.29, 0.717) is 0 Å². The quantitative estimate of drug-likeness (QED) is 0.704. The zero-order valence-corrected chi connectivity index (χ0v) is 8.65. The third-order valence-electron chi connectivity index (χ3n) is 2.83. The standard InChI is InChI=1S/C13H18N/c1-3-7-13(8-4-1)9-12-14-10-5-2-6-11-14/h1,3-5,7-8H,2,6,9-12H2. The summed E-state index contributed by atoms with van der Waals surface area (Å²) in [5.41, 5.74) is 1.46. The summed E-state index contributed by atoms with van der Waals surface area (Å²) in [6.45, 7) is 3.68. The molecule has 1 fully saturated rings. The van der Waals surface area contributed by atoms with Crippen molar-refractivity contribution in [2.45, 2.75) is 19.3 Å². The molecule has 1 aliphatic heterocycles. The lowest BCUT2D eigenvalue weighted by atomic mass is 10.1. The van der Waals surface area contributed by atoms with Crippen LogP contribution in [-0.2, 0) is 6.42 Å². The van der Waals surface area contributed by atoms with Crippen molar-refractivity contribution in [2.24, 2.45) is 0 Å². The Kier molecular flexibility index (Phi) is 3.58. The van der Waals surface area contributed by atoms with Crippen molar-refractivity contribution in [1.29, 1.82) is 0 Å². The Morgan fingerprint density at radius 2 is 2.00 bits per heavy atom. The molecule has 0 aromatic heterocycles. The molecular formula is C13H18N. The van der Waals surface area contributed by atoms with Crippen molar-refractivity contribution >= 4 is 0 Å². The first-order valence-corrected chi connectivity index (χ1v) is 5.53. The summed E-state index contributed by atoms with van der Waals surface area (Å²) in [6, 6.07) is 10.8. The number of hydrogen-bond donors (Lipinski definition) is 0. The molecule has 1 nitrogen and oxygen atoms in total. The SMILES string of the molecule is [CH]1CCCN(CCc2ccccc2)C1. The molecule has 1 saturated heterocycles. The van der Waals surface area contributed by atoms with E-state index in [1.165, 1.54) is 44.5 Å². The fourth-order valence-corrected chi connectivity index (χ4v) is 1.96. The van der Waals surface area contributed by atoms with Gasteiger partial charge in [-0.05, 0) is 37.8 Å². The van der Waals surface area contributed by atoms with Crippen LogP contribution < -0.4 is 0 Å². The van der Waals surface area contributed by atoms with Gasteiger partial charge in [0.25, 0.3) is 0 Å². The summed E-state index contributed by atoms with van der Waals surface area (Å²) >= 11 is 0. The highest BCUT2D eigenvalue weighted by atomic mass is 15.1. The van der Waals surface area contributed by atoms with Gasteiger partial charge in [0.2, 0.25) is 0 Å². The first-order chi connectivity index (χ1) is 6.95. The van der Waals surface area contributed by atoms with Gasteiger partial charge in [-0.2, -0.15) is 0 Å². The van der Waals surface area contributed by atoms with Crippen molar-refractivity contribution in [3.05, 3.63) is 42.3 Å². The molecule has 1 heteroatoms. The summed E-state index contributed by atoms with van der Waals surface area (Å²) in [5.74, 6) is 0. The molecule has 2 rings (SSSR count). The normalized spacial score (nSPS) is 18.3. The van der Waals surface area contributed by atoms with Gasteiger partial charge in [0.15, 0.2) is 0 Å². The van der Waals surface area contributed by atoms with Gasteiger partial charge in [-0.15, -0.1) is 0 Å². The van der Waals surface area contributed by atoms with Gasteiger partial charge >= 0.3 is 0 Å². The smallest absolute Gasteiger partial charge is 0.00219 e. The zero-order chi connectivity index (χ0) is 9.64. The number of piperidine rings is 1. The van der Waals surface area contributed by atoms with E-state index in [1.807, 2.05) is 0 Å². The number of benzene rings is 1. The minimum Gasteiger partial charge on any atom is -0.303 e. The second-order valence-corrected chi connectivity index (χ2v) is 3.97. The Morgan fingerprint density at radius 1 is 1.14 bits per heavy atom. The number of rotatable bonds is 3. The summed E-state index contributed by atoms with van der Waals surface area (Å²) < 4.78 is 0. The van der Waals surface area contributed by atoms with E-state index < -0.39 is 0 Å². The molecule has 0 N–H and O–H groups in total. The molecule has 0 amide bonds. The van der Waals surface area contributed by atoms with Gasteiger partial charge in [0, 0.05) is 13.1 Å². The predicted molar refractivity (Wildman–Crippen MR) is 60.1 cm³/mol. The minimum absolute atomic E-state index is 1.19. The molecular weight excluding hydrogens is 170 g/mol. The van der Waals surface area contributed by atoms with Crippen LogP contribution in [0.2, 0.25) is 0 Å². The maximum atomic E-state index is 2.54. The van der Waals surface area contributed by atoms with E-state index in [2.05, 4.69) is 41.7 Å². The maximum absolute atomic E-state index is 2.54. The summed E-state index contributed by atoms with van der Waals surface area (Å²) in [6.07, 6.45) is 6.24. The van der Waals surface area contributed by atoms with Crippen LogP contribution in [0.3, 0.4) is 0 Å². The maximum Gasteiger partial charge on any atom is 0.00219 e. The average molecular weight is 188 g/mol. The molecule has 75 valence electrons. The van der Waals surface area contributed by atoms with E-state index in [-0.39, 0.29) is 0 Å². The third kappa shape index (κ3) is 2.85. The van der Waals surface area contributed by atoms with Crippen LogP contribution in [0.1, 0.15) is 18.4 Å². The second kappa shape index (κ2) is 5.16. The van der Waals surface area contributed by atoms with Gasteiger partial charge in [-0.3, -0.25) is 0 Å². The lowest BCUT2D eigenvalue weighted by Crippen LogP contribution is -2.31. The molecule has 0 atom stereocenters. The number of hydrogen-bond acceptors (Lipinski definition) is 1. The van der Waals surface area contributed by atoms with Crippen LogP contribution in [0.25, 0.3) is 0 Å².